The predicted molar refractivity (Wildman–Crippen MR) is 47.3 cm³/mol. The summed E-state index contributed by atoms with van der Waals surface area (Å²) < 4.78 is 0.591. The van der Waals surface area contributed by atoms with Gasteiger partial charge in [-0.25, -0.2) is 4.79 Å². The Balaban J connectivity index is 3.00. The van der Waals surface area contributed by atoms with E-state index < -0.39 is 5.97 Å². The van der Waals surface area contributed by atoms with Gasteiger partial charge in [0.15, 0.2) is 0 Å². The number of quaternary nitrogens is 1. The van der Waals surface area contributed by atoms with Crippen LogP contribution >= 0.6 is 0 Å². The van der Waals surface area contributed by atoms with Crippen LogP contribution in [-0.2, 0) is 0 Å². The van der Waals surface area contributed by atoms with Crippen LogP contribution in [0.25, 0.3) is 0 Å². The van der Waals surface area contributed by atoms with Crippen molar-refractivity contribution in [1.82, 2.24) is 9.47 Å². The normalized spacial score (nSPS) is 11.6. The number of carbonyl (C=O) groups is 1. The van der Waals surface area contributed by atoms with Gasteiger partial charge in [0.25, 0.3) is 0 Å². The van der Waals surface area contributed by atoms with Crippen molar-refractivity contribution in [3.8, 4) is 0 Å². The summed E-state index contributed by atoms with van der Waals surface area (Å²) in [6, 6.07) is 3.35. The number of aromatic nitrogens is 1. The van der Waals surface area contributed by atoms with E-state index in [1.54, 1.807) is 12.1 Å². The van der Waals surface area contributed by atoms with E-state index in [0.717, 1.165) is 5.82 Å². The number of carboxylic acids is 1. The summed E-state index contributed by atoms with van der Waals surface area (Å²) >= 11 is 0. The molecule has 0 aliphatic heterocycles. The molecule has 1 aromatic heterocycles. The van der Waals surface area contributed by atoms with Gasteiger partial charge < -0.3 is 10.1 Å². The Kier molecular flexibility index (Phi) is 1.94. The van der Waals surface area contributed by atoms with Crippen LogP contribution in [0.1, 0.15) is 10.5 Å². The third-order valence-corrected chi connectivity index (χ3v) is 1.62. The molecule has 0 fully saturated rings. The molecule has 0 spiro atoms. The molecular weight excluding hydrogens is 156 g/mol. The number of aromatic carboxylic acids is 1. The predicted octanol–water partition coefficient (Wildman–Crippen LogP) is 0.910. The Morgan fingerprint density at radius 2 is 2.00 bits per heavy atom. The first-order chi connectivity index (χ1) is 5.41. The van der Waals surface area contributed by atoms with Crippen molar-refractivity contribution < 1.29 is 9.90 Å². The second-order valence-electron chi connectivity index (χ2n) is 3.57. The van der Waals surface area contributed by atoms with Crippen LogP contribution in [0.5, 0.6) is 0 Å². The summed E-state index contributed by atoms with van der Waals surface area (Å²) in [7, 11) is 5.91. The zero-order valence-corrected chi connectivity index (χ0v) is 7.46. The lowest BCUT2D eigenvalue weighted by Gasteiger charge is -2.20. The molecule has 4 nitrogen and oxygen atoms in total. The van der Waals surface area contributed by atoms with Gasteiger partial charge in [-0.1, -0.05) is 0 Å². The third-order valence-electron chi connectivity index (χ3n) is 1.62. The zero-order valence-electron chi connectivity index (χ0n) is 7.46. The highest BCUT2D eigenvalue weighted by Crippen LogP contribution is 2.14. The first-order valence-corrected chi connectivity index (χ1v) is 3.65. The van der Waals surface area contributed by atoms with Crippen molar-refractivity contribution in [2.75, 3.05) is 21.1 Å². The molecule has 1 heterocycles. The first-order valence-electron chi connectivity index (χ1n) is 3.65. The summed E-state index contributed by atoms with van der Waals surface area (Å²) in [6.07, 6.45) is 0. The maximum Gasteiger partial charge on any atom is 0.352 e. The summed E-state index contributed by atoms with van der Waals surface area (Å²) in [5, 5.41) is 8.63. The Bertz CT molecular complexity index is 296. The van der Waals surface area contributed by atoms with E-state index in [-0.39, 0.29) is 5.69 Å². The van der Waals surface area contributed by atoms with E-state index in [9.17, 15) is 4.79 Å². The molecule has 0 amide bonds. The molecule has 12 heavy (non-hydrogen) atoms. The molecule has 0 atom stereocenters. The largest absolute Gasteiger partial charge is 0.477 e. The number of carboxylic acid groups (broad SMARTS) is 1. The average Bonchev–Trinajstić information content (AvgIpc) is 2.30. The lowest BCUT2D eigenvalue weighted by Crippen LogP contribution is -2.35. The molecule has 0 aromatic carbocycles. The molecule has 0 radical (unpaired) electrons. The van der Waals surface area contributed by atoms with Crippen molar-refractivity contribution in [3.05, 3.63) is 17.8 Å². The fraction of sp³-hybridized carbons (Fsp3) is 0.375. The summed E-state index contributed by atoms with van der Waals surface area (Å²) in [5.41, 5.74) is 0.234. The summed E-state index contributed by atoms with van der Waals surface area (Å²) in [4.78, 5) is 13.3. The van der Waals surface area contributed by atoms with E-state index in [4.69, 9.17) is 5.11 Å². The lowest BCUT2D eigenvalue weighted by atomic mass is 10.4. The van der Waals surface area contributed by atoms with Gasteiger partial charge in [-0.15, -0.1) is 0 Å². The Morgan fingerprint density at radius 3 is 2.25 bits per heavy atom. The molecular formula is C8H13N2O2+. The van der Waals surface area contributed by atoms with E-state index in [0.29, 0.717) is 4.48 Å². The van der Waals surface area contributed by atoms with Crippen LogP contribution in [0.15, 0.2) is 12.1 Å². The van der Waals surface area contributed by atoms with E-state index in [1.165, 1.54) is 0 Å². The van der Waals surface area contributed by atoms with E-state index in [2.05, 4.69) is 4.98 Å². The summed E-state index contributed by atoms with van der Waals surface area (Å²) in [5.74, 6) is -0.0397. The number of nitrogens with one attached hydrogen (secondary N) is 1. The minimum absolute atomic E-state index is 0.234. The number of hydrogen-bond acceptors (Lipinski definition) is 1. The van der Waals surface area contributed by atoms with Crippen molar-refractivity contribution >= 4 is 11.8 Å². The molecule has 1 rings (SSSR count). The Morgan fingerprint density at radius 1 is 1.42 bits per heavy atom. The average molecular weight is 169 g/mol. The molecule has 1 aromatic rings. The molecule has 2 N–H and O–H groups in total. The highest BCUT2D eigenvalue weighted by Gasteiger charge is 2.16. The SMILES string of the molecule is C[N+](C)(C)c1ccc(C(=O)O)[nH]1. The molecule has 66 valence electrons. The highest BCUT2D eigenvalue weighted by atomic mass is 16.4. The van der Waals surface area contributed by atoms with Crippen LogP contribution in [0.2, 0.25) is 0 Å². The molecule has 0 unspecified atom stereocenters. The fourth-order valence-electron chi connectivity index (χ4n) is 0.900. The van der Waals surface area contributed by atoms with Gasteiger partial charge in [0.1, 0.15) is 5.69 Å². The van der Waals surface area contributed by atoms with Crippen molar-refractivity contribution in [2.45, 2.75) is 0 Å². The van der Waals surface area contributed by atoms with Gasteiger partial charge in [-0.05, 0) is 6.07 Å². The van der Waals surface area contributed by atoms with Gasteiger partial charge in [-0.3, -0.25) is 4.48 Å². The van der Waals surface area contributed by atoms with Gasteiger partial charge in [0.05, 0.1) is 21.1 Å². The maximum absolute atomic E-state index is 10.5. The van der Waals surface area contributed by atoms with Gasteiger partial charge >= 0.3 is 5.97 Å². The molecule has 0 aliphatic carbocycles. The van der Waals surface area contributed by atoms with Crippen LogP contribution in [0, 0.1) is 0 Å². The smallest absolute Gasteiger partial charge is 0.352 e. The number of H-pyrrole nitrogens is 1. The number of aromatic amines is 1. The van der Waals surface area contributed by atoms with Crippen molar-refractivity contribution in [1.29, 1.82) is 0 Å². The lowest BCUT2D eigenvalue weighted by molar-refractivity contribution is 0.0691. The number of nitrogens with zero attached hydrogens (tertiary/aromatic N) is 1. The van der Waals surface area contributed by atoms with Crippen molar-refractivity contribution in [3.63, 3.8) is 0 Å². The maximum atomic E-state index is 10.5. The van der Waals surface area contributed by atoms with Gasteiger partial charge in [-0.2, -0.15) is 0 Å². The third kappa shape index (κ3) is 1.65. The minimum Gasteiger partial charge on any atom is -0.477 e. The van der Waals surface area contributed by atoms with Crippen LogP contribution in [0.3, 0.4) is 0 Å². The Labute approximate surface area is 71.0 Å². The monoisotopic (exact) mass is 169 g/mol. The van der Waals surface area contributed by atoms with Gasteiger partial charge in [0, 0.05) is 6.07 Å². The Hall–Kier alpha value is -1.29. The van der Waals surface area contributed by atoms with Crippen LogP contribution in [-0.4, -0.2) is 37.2 Å². The zero-order chi connectivity index (χ0) is 9.35. The van der Waals surface area contributed by atoms with E-state index in [1.807, 2.05) is 21.1 Å². The molecule has 0 aliphatic rings. The first kappa shape index (κ1) is 8.80. The molecule has 0 saturated heterocycles. The van der Waals surface area contributed by atoms with Crippen LogP contribution < -0.4 is 4.48 Å². The van der Waals surface area contributed by atoms with E-state index >= 15 is 0 Å². The highest BCUT2D eigenvalue weighted by molar-refractivity contribution is 5.86. The quantitative estimate of drug-likeness (QED) is 0.646. The summed E-state index contributed by atoms with van der Waals surface area (Å²) in [6.45, 7) is 0. The molecule has 0 saturated carbocycles. The standard InChI is InChI=1S/C8H12N2O2/c1-10(2,3)7-5-4-6(9-7)8(11)12/h4-5,9H,1-3H3/p+1. The fourth-order valence-corrected chi connectivity index (χ4v) is 0.900. The van der Waals surface area contributed by atoms with Crippen LogP contribution in [0.4, 0.5) is 5.82 Å². The number of rotatable bonds is 2. The second kappa shape index (κ2) is 2.64. The minimum atomic E-state index is -0.922. The van der Waals surface area contributed by atoms with Crippen molar-refractivity contribution in [2.24, 2.45) is 0 Å². The number of hydrogen-bond donors (Lipinski definition) is 2. The molecule has 0 bridgehead atoms. The topological polar surface area (TPSA) is 53.1 Å². The van der Waals surface area contributed by atoms with Gasteiger partial charge in [0.2, 0.25) is 5.82 Å². The second-order valence-corrected chi connectivity index (χ2v) is 3.57. The molecule has 4 heteroatoms.